The maximum Gasteiger partial charge on any atom is 0.410 e. The number of carbonyl (C=O) groups excluding carboxylic acids is 2. The Balaban J connectivity index is -0.00000000868. The van der Waals surface area contributed by atoms with Crippen molar-refractivity contribution in [1.29, 1.82) is 0 Å². The number of ether oxygens (including phenoxy) is 2. The fourth-order valence-electron chi connectivity index (χ4n) is 6.95. The van der Waals surface area contributed by atoms with E-state index >= 15 is 0 Å². The molecule has 0 spiro atoms. The highest BCUT2D eigenvalue weighted by Crippen LogP contribution is 2.44. The van der Waals surface area contributed by atoms with E-state index in [0.717, 1.165) is 43.2 Å². The molecule has 552 valence electrons. The molecule has 50 heavy (non-hydrogen) atoms. The van der Waals surface area contributed by atoms with Crippen molar-refractivity contribution in [3.63, 3.8) is 0 Å². The Bertz CT molecular complexity index is 1770. The number of alkyl halides is 4. The van der Waals surface area contributed by atoms with Crippen LogP contribution in [0.25, 0.3) is 0 Å². The molecule has 0 aromatic heterocycles. The van der Waals surface area contributed by atoms with Gasteiger partial charge in [-0.25, -0.2) is 27.2 Å². The van der Waals surface area contributed by atoms with Crippen molar-refractivity contribution in [2.75, 3.05) is 26.2 Å². The number of aliphatic imine (C=N–C) groups is 2. The van der Waals surface area contributed by atoms with Gasteiger partial charge in [0.15, 0.2) is 0 Å². The molecule has 2 amide bonds. The maximum atomic E-state index is 14.8. The number of halogens is 4. The quantitative estimate of drug-likeness (QED) is 0.281. The summed E-state index contributed by atoms with van der Waals surface area (Å²) in [5.41, 5.74) is 5.64. The molecule has 8 nitrogen and oxygen atoms in total. The zero-order valence-electron chi connectivity index (χ0n) is 308. The molecular formula is C38H328F4N4O4. The van der Waals surface area contributed by atoms with Crippen molar-refractivity contribution >= 4 is 24.6 Å². The van der Waals surface area contributed by atoms with E-state index in [2.05, 4.69) is 9.98 Å². The highest BCUT2D eigenvalue weighted by molar-refractivity contribution is 5.85. The average Bonchev–Trinajstić information content (AvgIpc) is 1.54. The van der Waals surface area contributed by atoms with Gasteiger partial charge in [0.25, 0.3) is 11.8 Å². The second kappa shape index (κ2) is 13.6. The van der Waals surface area contributed by atoms with Gasteiger partial charge >= 0.3 is 12.2 Å². The molecule has 0 saturated carbocycles. The Morgan fingerprint density at radius 1 is 0.720 bits per heavy atom. The third-order valence-corrected chi connectivity index (χ3v) is 9.29. The second-order valence-electron chi connectivity index (χ2n) is 15.8. The number of piperidine rings is 2. The summed E-state index contributed by atoms with van der Waals surface area (Å²) in [4.78, 5) is 34.9. The number of carbonyl (C=O) groups is 2. The SMILES string of the molecule is Cc1cc2c(cc1C1CCN(C(=O)OC(C)(C)C)CC1(F)F)CN=C2.Cc1cc2c(cc1C1CCN(C(=O)OC(C)(C)C)CC1(F)F)CN=C2.[2HH].[2H][2H].[2H][2H].[2H][2H].[2H][2H].[2H][2H].[2H][2H].[2H][2H].[2H][2H].[2H][2H].[2H][2H].[2H][2H].[2H][2H].[2H][2H].[2H][2H].[2H][2H].[2H][2H].[2H][2H].[2H][2H].[2H][2H].[2H][2H].[2H][2H].[2H][2H].[2H][2H].[2H][2H].[2H][2H].[2H][2H].[2H][2H].[2H][2H].[2H][2H].[2H][2H].[2H][2H].[2H][2H].[2H][2H].[2H][2H].[2H][2H].[2H][2H].[2H][2H].[2H][2H].[2H][2H].[2H][2H].[2H][2H].[2H][2H].[2H][2H].[2H][2H].[2H][2H].[2H][2H].[2H][2H].[2H][2H].[2H][2H].[2H][2H].[2H][2H].[2H][2H].[2H][2H].[2H][2H].[2H][2H].[2H][2H].[2H][2H].[2H][2H].[2H][2H].[2H][2H].[2H][2H].[2H][2H].[2H][2H].[2H][2H].[2H][2H].[2H][2H].[2H][2H].[2H][2H].[2H][2H].[2H][2H].[2H][2H].[2H][2H].[2H][2H].[2H][2H].[2H][2H].[2H][2H].[2H][2H].[2H][2H].[2H][2H].[2H][2H].[2H][2H].[2H][2H].[2H][2H].[2H][2H].[2H][2H].[2H][2H].[2H][2H].[2H][2H].[2H][2H].[2H][2H].[2H][2H].[2H][2H].[2H][2H].[2H][2H].[2H][2H].[2H][2H].[2H][2H].[2H][2H].[2H][2H].[2H][2H].[2H][2H].[2H][2H].[2H][2H].[2H][2H].[2H][2H].[2H][2H].[2H][2H].[2H][2H].[2H][2H].[2H][2H].[2H][2H].[2H][2H].[2H][2H].[2H][2H].[2H][2H].[2H][2H].[2H][2H].[2H][2H].[2H][2H].[2H][2H].[2H][2H].[2H][2H].[2H][2H].[2H][2H].[2H][2H].[2H][2H].[2H][2H].[2H][2H].[2H][2H].[2H][2H].[2H][2H].[2H][2H].[2H][2H].[2H][2H].[2H][2H].[2H][2H].[2H][2H].[2H][2H].[2H][2H]. The summed E-state index contributed by atoms with van der Waals surface area (Å²) in [7, 11) is 0. The van der Waals surface area contributed by atoms with Gasteiger partial charge in [-0.1, -0.05) is 12.1 Å². The monoisotopic (exact) mass is 1260 g/mol. The zero-order chi connectivity index (χ0) is 315. The summed E-state index contributed by atoms with van der Waals surface area (Å²) < 4.78 is 1460. The normalized spacial score (nSPS) is 44.2. The van der Waals surface area contributed by atoms with Gasteiger partial charge in [0.2, 0.25) is 0 Å². The molecule has 4 heterocycles. The molecule has 6 rings (SSSR count). The number of fused-ring (bicyclic) bond motifs is 2. The average molecular weight is 1260 g/mol. The van der Waals surface area contributed by atoms with Crippen LogP contribution in [0.1, 0.15) is 525 Å². The van der Waals surface area contributed by atoms with Gasteiger partial charge in [-0.15, -0.1) is 0 Å². The topological polar surface area (TPSA) is 83.8 Å². The van der Waals surface area contributed by atoms with Gasteiger partial charge in [-0.3, -0.25) is 9.98 Å². The number of nitrogens with zero attached hydrogens (tertiary/aromatic N) is 4. The Hall–Kier alpha value is -3.96. The lowest BCUT2D eigenvalue weighted by atomic mass is 9.82. The van der Waals surface area contributed by atoms with Crippen molar-refractivity contribution in [3.05, 3.63) is 68.8 Å². The van der Waals surface area contributed by atoms with Crippen LogP contribution >= 0.6 is 0 Å². The van der Waals surface area contributed by atoms with E-state index in [0.29, 0.717) is 24.2 Å². The summed E-state index contributed by atoms with van der Waals surface area (Å²) in [5.74, 6) is -7.77. The van der Waals surface area contributed by atoms with Crippen LogP contribution in [0, 0.1) is 13.8 Å². The highest BCUT2D eigenvalue weighted by atomic mass is 19.3. The van der Waals surface area contributed by atoms with Crippen LogP contribution in [-0.2, 0) is 22.6 Å². The molecule has 0 aliphatic carbocycles. The predicted molar refractivity (Wildman–Crippen MR) is 481 cm³/mol. The molecular weight excluding hydrogens is 652 g/mol. The lowest BCUT2D eigenvalue weighted by Gasteiger charge is -2.39. The summed E-state index contributed by atoms with van der Waals surface area (Å²) in [6.07, 6.45) is 2.65. The summed E-state index contributed by atoms with van der Waals surface area (Å²) in [5, 5.41) is 0. The van der Waals surface area contributed by atoms with Crippen molar-refractivity contribution in [2.24, 2.45) is 9.98 Å². The third-order valence-electron chi connectivity index (χ3n) is 9.29. The molecule has 2 aromatic rings. The van der Waals surface area contributed by atoms with Gasteiger partial charge in [0.1, 0.15) is 11.2 Å². The number of likely N-dealkylation sites (tertiary alicyclic amines) is 2. The van der Waals surface area contributed by atoms with Crippen molar-refractivity contribution in [2.45, 2.75) is 116 Å². The number of rotatable bonds is 2. The van der Waals surface area contributed by atoms with Crippen LogP contribution in [0.4, 0.5) is 27.2 Å². The van der Waals surface area contributed by atoms with Crippen molar-refractivity contribution < 1.29 is 451 Å². The molecule has 4 aliphatic heterocycles. The maximum absolute atomic E-state index is 14.8. The minimum Gasteiger partial charge on any atom is -0.444 e. The van der Waals surface area contributed by atoms with Crippen LogP contribution in [0.3, 0.4) is 0 Å². The number of amides is 2. The van der Waals surface area contributed by atoms with Gasteiger partial charge in [0, 0.05) is 440 Å². The molecule has 2 saturated heterocycles. The Kier molecular flexibility index (Phi) is 0.713. The molecule has 2 fully saturated rings. The third kappa shape index (κ3) is 8.49. The van der Waals surface area contributed by atoms with E-state index in [4.69, 9.17) is 422 Å². The van der Waals surface area contributed by atoms with Gasteiger partial charge < -0.3 is 19.3 Å². The second-order valence-corrected chi connectivity index (χ2v) is 15.8. The molecule has 2 unspecified atom stereocenters. The fourth-order valence-corrected chi connectivity index (χ4v) is 6.95. The smallest absolute Gasteiger partial charge is 0.410 e. The molecule has 0 bridgehead atoms. The lowest BCUT2D eigenvalue weighted by Crippen LogP contribution is -2.51. The highest BCUT2D eigenvalue weighted by Gasteiger charge is 2.49. The zero-order valence-corrected chi connectivity index (χ0v) is 30.2. The minimum absolute atomic E-state index is 0. The van der Waals surface area contributed by atoms with Crippen LogP contribution < -0.4 is 0 Å². The first-order valence-corrected chi connectivity index (χ1v) is 17.1. The van der Waals surface area contributed by atoms with E-state index in [-0.39, 0.29) is 27.4 Å². The van der Waals surface area contributed by atoms with Crippen LogP contribution in [0.15, 0.2) is 34.3 Å². The lowest BCUT2D eigenvalue weighted by molar-refractivity contribution is -0.0850. The molecule has 0 radical (unpaired) electrons. The van der Waals surface area contributed by atoms with E-state index in [1.165, 1.54) is 0 Å². The summed E-state index contributed by atoms with van der Waals surface area (Å²) in [6.45, 7) is 14.5. The number of aryl methyl sites for hydroxylation is 2. The van der Waals surface area contributed by atoms with E-state index in [1.54, 1.807) is 54.0 Å². The van der Waals surface area contributed by atoms with E-state index in [9.17, 15) is 27.2 Å². The molecule has 4 aliphatic rings. The molecule has 2 atom stereocenters. The van der Waals surface area contributed by atoms with Crippen LogP contribution in [0.5, 0.6) is 0 Å². The predicted octanol–water partition coefficient (Wildman–Crippen LogP) is 43.0. The van der Waals surface area contributed by atoms with Crippen molar-refractivity contribution in [3.8, 4) is 0 Å². The number of benzene rings is 2. The van der Waals surface area contributed by atoms with Crippen LogP contribution in [0.2, 0.25) is 0 Å². The van der Waals surface area contributed by atoms with Crippen molar-refractivity contribution in [1.82, 2.24) is 9.80 Å². The van der Waals surface area contributed by atoms with Crippen LogP contribution in [-0.4, -0.2) is 83.6 Å². The largest absolute Gasteiger partial charge is 0.444 e. The Morgan fingerprint density at radius 2 is 1.08 bits per heavy atom. The minimum atomic E-state index is -2.99. The first kappa shape index (κ1) is 2.61. The fraction of sp³-hybridized carbons (Fsp3) is 0.579. The molecule has 0 N–H and O–H groups in total. The first-order chi connectivity index (χ1) is 162. The van der Waals surface area contributed by atoms with E-state index in [1.807, 2.05) is 38.1 Å². The summed E-state index contributed by atoms with van der Waals surface area (Å²) >= 11 is 0. The Labute approximate surface area is 722 Å². The molecule has 2 aromatic carbocycles. The standard InChI is InChI=1S/2C19H24F2N2O2.140H2/c2*1-12-7-13-9-22-10-14(13)8-15(12)16-5-6-23(11-19(16,20)21)17(24)25-18(2,3)4;;;;;;;;;;;;;;;;;;;;;;;;;;;;;;;;;;;;;;;;;;;;;;;;;;;;;;;;;;;;;;;;;;;;;;;;;;;;;;;;;;;;;;;;;;;;;;;;;;;;;;;;;;;;;;;;;;;;;;;;;;;;;;;;;;;;;;;;;;;;/h2*7-9,16H,5-6,10-11H2,1-4H3;140*1H/i;;139*1+1D;1+1. The first-order valence-electron chi connectivity index (χ1n) is 156. The van der Waals surface area contributed by atoms with Gasteiger partial charge in [-0.2, -0.15) is 0 Å². The Morgan fingerprint density at radius 3 is 1.40 bits per heavy atom. The molecule has 12 heteroatoms. The number of hydrogen-bond acceptors (Lipinski definition) is 6. The van der Waals surface area contributed by atoms with Gasteiger partial charge in [0.05, 0.1) is 38.0 Å². The summed E-state index contributed by atoms with van der Waals surface area (Å²) in [6, 6.07) is 7.58. The number of hydrogen-bond donors (Lipinski definition) is 0. The van der Waals surface area contributed by atoms with E-state index < -0.39 is 60.2 Å². The van der Waals surface area contributed by atoms with Gasteiger partial charge in [-0.05, 0) is 125 Å².